The van der Waals surface area contributed by atoms with Crippen molar-refractivity contribution in [2.75, 3.05) is 0 Å². The molecule has 0 aliphatic carbocycles. The molecule has 5 heteroatoms. The van der Waals surface area contributed by atoms with Crippen molar-refractivity contribution >= 4 is 43.5 Å². The van der Waals surface area contributed by atoms with E-state index in [9.17, 15) is 0 Å². The summed E-state index contributed by atoms with van der Waals surface area (Å²) in [6.45, 7) is 0. The number of pyridine rings is 1. The quantitative estimate of drug-likeness (QED) is 0.151. The summed E-state index contributed by atoms with van der Waals surface area (Å²) in [5.41, 5.74) is 13.5. The molecule has 294 valence electrons. The van der Waals surface area contributed by atoms with Gasteiger partial charge in [-0.1, -0.05) is 182 Å². The van der Waals surface area contributed by atoms with E-state index in [1.54, 1.807) is 0 Å². The number of fused-ring (bicyclic) bond motifs is 6. The molecule has 9 aromatic carbocycles. The first kappa shape index (κ1) is 36.3. The molecule has 63 heavy (non-hydrogen) atoms. The maximum atomic E-state index is 5.51. The molecule has 0 atom stereocenters. The summed E-state index contributed by atoms with van der Waals surface area (Å²) in [6, 6.07) is 78.6. The van der Waals surface area contributed by atoms with Gasteiger partial charge in [0.25, 0.3) is 0 Å². The third-order valence-electron chi connectivity index (χ3n) is 12.0. The molecule has 3 heterocycles. The van der Waals surface area contributed by atoms with Crippen LogP contribution >= 0.6 is 0 Å². The van der Waals surface area contributed by atoms with Gasteiger partial charge in [0.05, 0.1) is 22.2 Å². The molecule has 0 saturated heterocycles. The minimum absolute atomic E-state index is 0.599. The Morgan fingerprint density at radius 2 is 0.746 bits per heavy atom. The number of nitrogens with zero attached hydrogens (tertiary/aromatic N) is 5. The summed E-state index contributed by atoms with van der Waals surface area (Å²) in [5, 5.41) is 5.87. The van der Waals surface area contributed by atoms with Gasteiger partial charge in [-0.3, -0.25) is 0 Å². The second-order valence-electron chi connectivity index (χ2n) is 15.8. The van der Waals surface area contributed by atoms with Crippen LogP contribution in [0.1, 0.15) is 0 Å². The fourth-order valence-electron chi connectivity index (χ4n) is 9.12. The highest BCUT2D eigenvalue weighted by Gasteiger charge is 2.19. The lowest BCUT2D eigenvalue weighted by Crippen LogP contribution is -2.01. The Kier molecular flexibility index (Phi) is 8.75. The predicted molar refractivity (Wildman–Crippen MR) is 260 cm³/mol. The molecule has 0 fully saturated rings. The summed E-state index contributed by atoms with van der Waals surface area (Å²) in [5.74, 6) is 1.83. The summed E-state index contributed by atoms with van der Waals surface area (Å²) in [6.07, 6.45) is 0. The molecule has 0 N–H and O–H groups in total. The summed E-state index contributed by atoms with van der Waals surface area (Å²) < 4.78 is 2.32. The molecule has 12 aromatic rings. The molecule has 0 amide bonds. The van der Waals surface area contributed by atoms with Gasteiger partial charge in [-0.2, -0.15) is 0 Å². The number of benzene rings is 9. The zero-order chi connectivity index (χ0) is 41.7. The summed E-state index contributed by atoms with van der Waals surface area (Å²) in [7, 11) is 0. The highest BCUT2D eigenvalue weighted by atomic mass is 15.0. The Hall–Kier alpha value is -8.54. The topological polar surface area (TPSA) is 56.5 Å². The maximum Gasteiger partial charge on any atom is 0.164 e. The summed E-state index contributed by atoms with van der Waals surface area (Å²) in [4.78, 5) is 20.9. The van der Waals surface area contributed by atoms with Crippen LogP contribution in [-0.4, -0.2) is 24.5 Å². The fourth-order valence-corrected chi connectivity index (χ4v) is 9.12. The van der Waals surface area contributed by atoms with E-state index >= 15 is 0 Å². The average Bonchev–Trinajstić information content (AvgIpc) is 3.71. The lowest BCUT2D eigenvalue weighted by Gasteiger charge is -2.16. The van der Waals surface area contributed by atoms with Gasteiger partial charge in [-0.25, -0.2) is 19.9 Å². The zero-order valence-corrected chi connectivity index (χ0v) is 34.1. The minimum atomic E-state index is 0.599. The number of para-hydroxylation sites is 3. The Balaban J connectivity index is 1.01. The van der Waals surface area contributed by atoms with E-state index in [1.165, 1.54) is 38.3 Å². The number of hydrogen-bond acceptors (Lipinski definition) is 4. The minimum Gasteiger partial charge on any atom is -0.309 e. The van der Waals surface area contributed by atoms with Crippen molar-refractivity contribution in [1.82, 2.24) is 24.5 Å². The van der Waals surface area contributed by atoms with Crippen molar-refractivity contribution in [1.29, 1.82) is 0 Å². The number of hydrogen-bond donors (Lipinski definition) is 0. The van der Waals surface area contributed by atoms with Gasteiger partial charge < -0.3 is 4.57 Å². The molecule has 0 saturated carbocycles. The molecule has 0 bridgehead atoms. The first-order valence-corrected chi connectivity index (χ1v) is 21.2. The molecule has 0 aliphatic heterocycles. The maximum absolute atomic E-state index is 5.51. The van der Waals surface area contributed by atoms with Gasteiger partial charge in [0.1, 0.15) is 0 Å². The van der Waals surface area contributed by atoms with E-state index in [-0.39, 0.29) is 0 Å². The third-order valence-corrected chi connectivity index (χ3v) is 12.0. The largest absolute Gasteiger partial charge is 0.309 e. The third kappa shape index (κ3) is 6.34. The van der Waals surface area contributed by atoms with Gasteiger partial charge in [0.2, 0.25) is 0 Å². The van der Waals surface area contributed by atoms with Crippen LogP contribution in [0.2, 0.25) is 0 Å². The van der Waals surface area contributed by atoms with Crippen LogP contribution in [0.4, 0.5) is 0 Å². The van der Waals surface area contributed by atoms with Crippen LogP contribution in [0.25, 0.3) is 117 Å². The van der Waals surface area contributed by atoms with Gasteiger partial charge in [0.15, 0.2) is 17.5 Å². The van der Waals surface area contributed by atoms with E-state index in [0.29, 0.717) is 17.5 Å². The van der Waals surface area contributed by atoms with Crippen molar-refractivity contribution in [3.63, 3.8) is 0 Å². The second-order valence-corrected chi connectivity index (χ2v) is 15.8. The lowest BCUT2D eigenvalue weighted by molar-refractivity contribution is 1.07. The van der Waals surface area contributed by atoms with Crippen LogP contribution in [0.3, 0.4) is 0 Å². The van der Waals surface area contributed by atoms with E-state index in [0.717, 1.165) is 61.1 Å². The van der Waals surface area contributed by atoms with E-state index in [2.05, 4.69) is 199 Å². The summed E-state index contributed by atoms with van der Waals surface area (Å²) >= 11 is 0. The first-order chi connectivity index (χ1) is 31.2. The molecule has 12 rings (SSSR count). The zero-order valence-electron chi connectivity index (χ0n) is 34.1. The Labute approximate surface area is 364 Å². The molecular formula is C58H37N5. The molecule has 0 spiro atoms. The van der Waals surface area contributed by atoms with Gasteiger partial charge in [-0.05, 0) is 59.2 Å². The van der Waals surface area contributed by atoms with E-state index < -0.39 is 0 Å². The first-order valence-electron chi connectivity index (χ1n) is 21.2. The Morgan fingerprint density at radius 1 is 0.286 bits per heavy atom. The van der Waals surface area contributed by atoms with Crippen LogP contribution in [-0.2, 0) is 0 Å². The van der Waals surface area contributed by atoms with Crippen molar-refractivity contribution in [2.24, 2.45) is 0 Å². The lowest BCUT2D eigenvalue weighted by atomic mass is 9.91. The monoisotopic (exact) mass is 803 g/mol. The van der Waals surface area contributed by atoms with Crippen LogP contribution in [0.15, 0.2) is 224 Å². The van der Waals surface area contributed by atoms with Gasteiger partial charge in [0, 0.05) is 60.4 Å². The fraction of sp³-hybridized carbons (Fsp3) is 0. The van der Waals surface area contributed by atoms with Crippen molar-refractivity contribution in [3.8, 4) is 73.4 Å². The SMILES string of the molecule is c1ccc(-c2nc(-c3ccc(-n4c5ccccc5c5ccccc54)cc3)nc(-c3cccc(-c4cccc5c4nc(-c4ccccc4)c4cccc(-c6ccccc6)c45)c3)n2)cc1. The van der Waals surface area contributed by atoms with Crippen molar-refractivity contribution in [3.05, 3.63) is 224 Å². The van der Waals surface area contributed by atoms with E-state index in [1.807, 2.05) is 30.3 Å². The molecule has 5 nitrogen and oxygen atoms in total. The number of rotatable bonds is 7. The van der Waals surface area contributed by atoms with Crippen molar-refractivity contribution in [2.45, 2.75) is 0 Å². The molecular weight excluding hydrogens is 767 g/mol. The highest BCUT2D eigenvalue weighted by Crippen LogP contribution is 2.42. The molecule has 0 unspecified atom stereocenters. The Bertz CT molecular complexity index is 3600. The van der Waals surface area contributed by atoms with Gasteiger partial charge in [-0.15, -0.1) is 0 Å². The van der Waals surface area contributed by atoms with Gasteiger partial charge >= 0.3 is 0 Å². The van der Waals surface area contributed by atoms with Crippen LogP contribution in [0.5, 0.6) is 0 Å². The smallest absolute Gasteiger partial charge is 0.164 e. The molecule has 0 aliphatic rings. The Morgan fingerprint density at radius 3 is 1.40 bits per heavy atom. The van der Waals surface area contributed by atoms with Crippen LogP contribution < -0.4 is 0 Å². The molecule has 3 aromatic heterocycles. The standard InChI is InChI=1S/C58H37N5/c1-4-17-38(18-5-1)45-27-15-29-49-53(45)50-30-16-28-46(55(50)59-54(49)39-19-6-2-7-20-39)42-23-14-24-43(37-42)58-61-56(40-21-8-3-9-22-40)60-57(62-58)41-33-35-44(36-34-41)63-51-31-12-10-25-47(51)48-26-11-13-32-52(48)63/h1-37H. The highest BCUT2D eigenvalue weighted by molar-refractivity contribution is 6.19. The predicted octanol–water partition coefficient (Wildman–Crippen LogP) is 14.7. The normalized spacial score (nSPS) is 11.5. The number of aromatic nitrogens is 5. The van der Waals surface area contributed by atoms with Crippen molar-refractivity contribution < 1.29 is 0 Å². The van der Waals surface area contributed by atoms with E-state index in [4.69, 9.17) is 19.9 Å². The molecule has 0 radical (unpaired) electrons. The van der Waals surface area contributed by atoms with Crippen LogP contribution in [0, 0.1) is 0 Å². The average molecular weight is 804 g/mol. The second kappa shape index (κ2) is 15.2.